The van der Waals surface area contributed by atoms with Crippen molar-refractivity contribution in [3.8, 4) is 0 Å². The number of hydroxylamine groups is 2. The molecule has 0 heterocycles. The van der Waals surface area contributed by atoms with Crippen LogP contribution >= 0.6 is 34.4 Å². The van der Waals surface area contributed by atoms with Gasteiger partial charge in [-0.3, -0.25) is 9.63 Å². The first-order valence-electron chi connectivity index (χ1n) is 9.98. The normalized spacial score (nSPS) is 11.0. The molecule has 0 radical (unpaired) electrons. The number of anilines is 2. The van der Waals surface area contributed by atoms with Crippen LogP contribution in [0.15, 0.2) is 24.3 Å². The van der Waals surface area contributed by atoms with Crippen LogP contribution < -0.4 is 16.3 Å². The van der Waals surface area contributed by atoms with Crippen molar-refractivity contribution in [2.45, 2.75) is 19.4 Å². The first kappa shape index (κ1) is 27.7. The van der Waals surface area contributed by atoms with Crippen LogP contribution in [0.1, 0.15) is 28.8 Å². The molecule has 0 aromatic heterocycles. The van der Waals surface area contributed by atoms with E-state index in [4.69, 9.17) is 14.8 Å². The van der Waals surface area contributed by atoms with E-state index in [2.05, 4.69) is 10.8 Å². The quantitative estimate of drug-likeness (QED) is 0.147. The zero-order chi connectivity index (χ0) is 24.2. The Hall–Kier alpha value is -1.58. The van der Waals surface area contributed by atoms with Gasteiger partial charge in [-0.2, -0.15) is 17.2 Å². The van der Waals surface area contributed by atoms with Gasteiger partial charge in [-0.1, -0.05) is 0 Å². The molecule has 0 bridgehead atoms. The summed E-state index contributed by atoms with van der Waals surface area (Å²) < 4.78 is 44.6. The summed E-state index contributed by atoms with van der Waals surface area (Å²) in [7, 11) is 0. The second kappa shape index (κ2) is 14.6. The third kappa shape index (κ3) is 8.61. The Morgan fingerprint density at radius 3 is 2.61 bits per heavy atom. The monoisotopic (exact) mass is 599 g/mol. The molecule has 2 aromatic carbocycles. The van der Waals surface area contributed by atoms with Gasteiger partial charge < -0.3 is 15.3 Å². The van der Waals surface area contributed by atoms with Crippen molar-refractivity contribution < 1.29 is 32.7 Å². The first-order valence-corrected chi connectivity index (χ1v) is 12.5. The number of unbranched alkanes of at least 4 members (excludes halogenated alkanes) is 1. The minimum atomic E-state index is -1.36. The molecule has 2 rings (SSSR count). The van der Waals surface area contributed by atoms with Crippen molar-refractivity contribution in [3.63, 3.8) is 0 Å². The molecule has 0 aliphatic rings. The van der Waals surface area contributed by atoms with Crippen LogP contribution in [-0.4, -0.2) is 42.8 Å². The van der Waals surface area contributed by atoms with E-state index in [1.165, 1.54) is 12.1 Å². The van der Waals surface area contributed by atoms with Gasteiger partial charge in [0.05, 0.1) is 36.8 Å². The highest BCUT2D eigenvalue weighted by Crippen LogP contribution is 2.30. The predicted octanol–water partition coefficient (Wildman–Crippen LogP) is 4.27. The first-order chi connectivity index (χ1) is 15.9. The lowest BCUT2D eigenvalue weighted by Crippen LogP contribution is -2.27. The average Bonchev–Trinajstić information content (AvgIpc) is 2.79. The molecule has 2 aromatic rings. The predicted molar refractivity (Wildman–Crippen MR) is 130 cm³/mol. The molecular weight excluding hydrogens is 574 g/mol. The van der Waals surface area contributed by atoms with Crippen molar-refractivity contribution in [3.05, 3.63) is 56.4 Å². The number of benzene rings is 2. The van der Waals surface area contributed by atoms with E-state index < -0.39 is 29.0 Å². The number of halogens is 4. The number of nitrogens with one attached hydrogen (secondary N) is 3. The van der Waals surface area contributed by atoms with Crippen LogP contribution in [0.5, 0.6) is 0 Å². The number of aliphatic hydroxyl groups excluding tert-OH is 1. The largest absolute Gasteiger partial charge is 0.394 e. The third-order valence-electron chi connectivity index (χ3n) is 4.29. The van der Waals surface area contributed by atoms with Crippen molar-refractivity contribution in [1.82, 2.24) is 11.0 Å². The second-order valence-electron chi connectivity index (χ2n) is 6.71. The van der Waals surface area contributed by atoms with Crippen LogP contribution in [0.2, 0.25) is 0 Å². The Balaban J connectivity index is 2.25. The van der Waals surface area contributed by atoms with Gasteiger partial charge >= 0.3 is 0 Å². The molecule has 0 fully saturated rings. The van der Waals surface area contributed by atoms with Gasteiger partial charge in [-0.25, -0.2) is 18.7 Å². The molecule has 0 atom stereocenters. The van der Waals surface area contributed by atoms with Crippen LogP contribution in [0.3, 0.4) is 0 Å². The average molecular weight is 599 g/mol. The van der Waals surface area contributed by atoms with Crippen molar-refractivity contribution in [2.24, 2.45) is 0 Å². The Labute approximate surface area is 207 Å². The van der Waals surface area contributed by atoms with E-state index in [1.807, 2.05) is 34.3 Å². The fourth-order valence-corrected chi connectivity index (χ4v) is 3.62. The summed E-state index contributed by atoms with van der Waals surface area (Å²) in [5.41, 5.74) is 3.42. The van der Waals surface area contributed by atoms with Crippen LogP contribution in [0.25, 0.3) is 0 Å². The Kier molecular flexibility index (Phi) is 12.3. The molecule has 12 heteroatoms. The van der Waals surface area contributed by atoms with E-state index in [1.54, 1.807) is 17.8 Å². The van der Waals surface area contributed by atoms with Gasteiger partial charge in [0.1, 0.15) is 5.82 Å². The molecular formula is C21H25F3IN3O4S. The summed E-state index contributed by atoms with van der Waals surface area (Å²) in [6, 6.07) is 5.24. The standard InChI is InChI=1S/C21H25F3IN3O4S/c1-33-9-3-2-7-31-26-12-13-10-15(21(30)28-32-8-6-29)20(19(24)18(13)23)27-17-5-4-14(25)11-16(17)22/h4-5,10-11,26-27,29H,2-3,6-9,12H2,1H3,(H,28,30). The van der Waals surface area contributed by atoms with Gasteiger partial charge in [0.15, 0.2) is 11.6 Å². The maximum atomic E-state index is 15.0. The lowest BCUT2D eigenvalue weighted by atomic mass is 10.1. The Morgan fingerprint density at radius 1 is 1.12 bits per heavy atom. The van der Waals surface area contributed by atoms with Crippen LogP contribution in [0.4, 0.5) is 24.5 Å². The van der Waals surface area contributed by atoms with E-state index in [-0.39, 0.29) is 36.6 Å². The van der Waals surface area contributed by atoms with E-state index in [0.717, 1.165) is 24.7 Å². The zero-order valence-electron chi connectivity index (χ0n) is 17.9. The van der Waals surface area contributed by atoms with Gasteiger partial charge in [0.2, 0.25) is 0 Å². The maximum absolute atomic E-state index is 15.0. The number of aliphatic hydroxyl groups is 1. The number of hydrogen-bond donors (Lipinski definition) is 4. The van der Waals surface area contributed by atoms with Crippen molar-refractivity contribution >= 4 is 51.6 Å². The molecule has 0 aliphatic carbocycles. The second-order valence-corrected chi connectivity index (χ2v) is 8.94. The molecule has 0 saturated heterocycles. The minimum absolute atomic E-state index is 0.140. The maximum Gasteiger partial charge on any atom is 0.277 e. The summed E-state index contributed by atoms with van der Waals surface area (Å²) in [4.78, 5) is 22.6. The highest BCUT2D eigenvalue weighted by molar-refractivity contribution is 14.1. The highest BCUT2D eigenvalue weighted by Gasteiger charge is 2.24. The molecule has 0 saturated carbocycles. The number of thioether (sulfide) groups is 1. The topological polar surface area (TPSA) is 91.9 Å². The fourth-order valence-electron chi connectivity index (χ4n) is 2.67. The Morgan fingerprint density at radius 2 is 1.91 bits per heavy atom. The van der Waals surface area contributed by atoms with Crippen LogP contribution in [-0.2, 0) is 16.2 Å². The van der Waals surface area contributed by atoms with Gasteiger partial charge in [0.25, 0.3) is 5.91 Å². The summed E-state index contributed by atoms with van der Waals surface area (Å²) in [6.45, 7) is -0.386. The lowest BCUT2D eigenvalue weighted by molar-refractivity contribution is 0.0168. The zero-order valence-corrected chi connectivity index (χ0v) is 20.8. The minimum Gasteiger partial charge on any atom is -0.394 e. The molecule has 7 nitrogen and oxygen atoms in total. The summed E-state index contributed by atoms with van der Waals surface area (Å²) >= 11 is 3.63. The van der Waals surface area contributed by atoms with E-state index >= 15 is 0 Å². The van der Waals surface area contributed by atoms with Crippen molar-refractivity contribution in [1.29, 1.82) is 0 Å². The molecule has 33 heavy (non-hydrogen) atoms. The lowest BCUT2D eigenvalue weighted by Gasteiger charge is -2.17. The van der Waals surface area contributed by atoms with Gasteiger partial charge in [-0.05, 0) is 71.7 Å². The molecule has 0 spiro atoms. The number of hydrogen-bond acceptors (Lipinski definition) is 7. The SMILES string of the molecule is CSCCCCONCc1cc(C(=O)NOCCO)c(Nc2ccc(I)cc2F)c(F)c1F. The van der Waals surface area contributed by atoms with Gasteiger partial charge in [-0.15, -0.1) is 0 Å². The number of carbonyl (C=O) groups is 1. The number of carbonyl (C=O) groups excluding carboxylic acids is 1. The van der Waals surface area contributed by atoms with E-state index in [0.29, 0.717) is 10.2 Å². The number of amides is 1. The Bertz CT molecular complexity index is 940. The number of rotatable bonds is 14. The molecule has 0 aliphatic heterocycles. The van der Waals surface area contributed by atoms with Gasteiger partial charge in [0, 0.05) is 15.7 Å². The summed E-state index contributed by atoms with van der Waals surface area (Å²) in [5.74, 6) is -3.19. The third-order valence-corrected chi connectivity index (χ3v) is 5.65. The fraction of sp³-hybridized carbons (Fsp3) is 0.381. The smallest absolute Gasteiger partial charge is 0.277 e. The molecule has 1 amide bonds. The van der Waals surface area contributed by atoms with Crippen LogP contribution in [0, 0.1) is 21.0 Å². The molecule has 182 valence electrons. The summed E-state index contributed by atoms with van der Waals surface area (Å²) in [5, 5.41) is 11.3. The molecule has 4 N–H and O–H groups in total. The van der Waals surface area contributed by atoms with E-state index in [9.17, 15) is 18.0 Å². The summed E-state index contributed by atoms with van der Waals surface area (Å²) in [6.07, 6.45) is 3.76. The highest BCUT2D eigenvalue weighted by atomic mass is 127. The molecule has 0 unspecified atom stereocenters. The van der Waals surface area contributed by atoms with Crippen molar-refractivity contribution in [2.75, 3.05) is 37.1 Å².